The molecular weight excluding hydrogens is 342 g/mol. The quantitative estimate of drug-likeness (QED) is 0.880. The van der Waals surface area contributed by atoms with E-state index in [-0.39, 0.29) is 30.3 Å². The molecule has 1 aromatic heterocycles. The standard InChI is InChI=1S/C18H29N3OS.ClH/c1-3-12(2)16(19)18(22)21-10-6-7-13(11-21)17-20-14-8-4-5-9-15(14)23-17;/h12-13,16H,3-11,19H2,1-2H3;1H. The second-order valence-corrected chi connectivity index (χ2v) is 8.28. The molecule has 0 aromatic carbocycles. The third-order valence-electron chi connectivity index (χ3n) is 5.49. The zero-order chi connectivity index (χ0) is 16.4. The molecule has 1 fully saturated rings. The van der Waals surface area contributed by atoms with Crippen molar-refractivity contribution >= 4 is 29.7 Å². The Morgan fingerprint density at radius 3 is 2.83 bits per heavy atom. The molecule has 0 saturated carbocycles. The van der Waals surface area contributed by atoms with Crippen molar-refractivity contribution in [2.45, 2.75) is 70.8 Å². The van der Waals surface area contributed by atoms with Gasteiger partial charge in [-0.1, -0.05) is 20.3 Å². The van der Waals surface area contributed by atoms with Crippen LogP contribution in [0.3, 0.4) is 0 Å². The predicted molar refractivity (Wildman–Crippen MR) is 102 cm³/mol. The number of hydrogen-bond donors (Lipinski definition) is 1. The number of nitrogens with two attached hydrogens (primary N) is 1. The maximum atomic E-state index is 12.7. The molecule has 0 spiro atoms. The molecule has 2 aliphatic rings. The summed E-state index contributed by atoms with van der Waals surface area (Å²) in [6.07, 6.45) is 8.07. The van der Waals surface area contributed by atoms with Gasteiger partial charge in [0.2, 0.25) is 5.91 Å². The second kappa shape index (κ2) is 8.63. The van der Waals surface area contributed by atoms with Crippen LogP contribution in [0.15, 0.2) is 0 Å². The molecule has 0 bridgehead atoms. The van der Waals surface area contributed by atoms with Gasteiger partial charge in [0.15, 0.2) is 0 Å². The van der Waals surface area contributed by atoms with Crippen molar-refractivity contribution in [2.75, 3.05) is 13.1 Å². The first kappa shape index (κ1) is 19.7. The van der Waals surface area contributed by atoms with Crippen molar-refractivity contribution in [1.29, 1.82) is 0 Å². The zero-order valence-electron chi connectivity index (χ0n) is 14.8. The number of likely N-dealkylation sites (tertiary alicyclic amines) is 1. The number of halogens is 1. The van der Waals surface area contributed by atoms with E-state index in [2.05, 4.69) is 13.8 Å². The fourth-order valence-electron chi connectivity index (χ4n) is 3.63. The van der Waals surface area contributed by atoms with Crippen molar-refractivity contribution in [3.63, 3.8) is 0 Å². The van der Waals surface area contributed by atoms with E-state index in [0.29, 0.717) is 5.92 Å². The number of carbonyl (C=O) groups is 1. The summed E-state index contributed by atoms with van der Waals surface area (Å²) in [5.41, 5.74) is 7.49. The molecule has 136 valence electrons. The van der Waals surface area contributed by atoms with Gasteiger partial charge in [-0.3, -0.25) is 4.79 Å². The maximum absolute atomic E-state index is 12.7. The highest BCUT2D eigenvalue weighted by Crippen LogP contribution is 2.34. The molecule has 24 heavy (non-hydrogen) atoms. The Morgan fingerprint density at radius 2 is 2.12 bits per heavy atom. The summed E-state index contributed by atoms with van der Waals surface area (Å²) in [6, 6.07) is -0.358. The summed E-state index contributed by atoms with van der Waals surface area (Å²) in [6.45, 7) is 5.82. The minimum atomic E-state index is -0.358. The average molecular weight is 372 g/mol. The van der Waals surface area contributed by atoms with Gasteiger partial charge in [0.1, 0.15) is 0 Å². The smallest absolute Gasteiger partial charge is 0.239 e. The van der Waals surface area contributed by atoms with Crippen LogP contribution in [0, 0.1) is 5.92 Å². The van der Waals surface area contributed by atoms with E-state index in [1.54, 1.807) is 0 Å². The first-order chi connectivity index (χ1) is 11.1. The summed E-state index contributed by atoms with van der Waals surface area (Å²) in [4.78, 5) is 21.1. The van der Waals surface area contributed by atoms with E-state index in [1.165, 1.54) is 34.8 Å². The van der Waals surface area contributed by atoms with Gasteiger partial charge in [0, 0.05) is 23.9 Å². The minimum Gasteiger partial charge on any atom is -0.341 e. The Bertz CT molecular complexity index is 539. The lowest BCUT2D eigenvalue weighted by molar-refractivity contribution is -0.135. The van der Waals surface area contributed by atoms with Crippen LogP contribution in [-0.4, -0.2) is 34.9 Å². The zero-order valence-corrected chi connectivity index (χ0v) is 16.4. The Labute approximate surface area is 155 Å². The molecule has 0 radical (unpaired) electrons. The molecule has 1 aliphatic heterocycles. The monoisotopic (exact) mass is 371 g/mol. The van der Waals surface area contributed by atoms with Crippen LogP contribution in [0.4, 0.5) is 0 Å². The highest BCUT2D eigenvalue weighted by molar-refractivity contribution is 7.11. The number of carbonyl (C=O) groups excluding carboxylic acids is 1. The van der Waals surface area contributed by atoms with E-state index >= 15 is 0 Å². The van der Waals surface area contributed by atoms with Gasteiger partial charge in [-0.2, -0.15) is 0 Å². The molecule has 2 N–H and O–H groups in total. The lowest BCUT2D eigenvalue weighted by atomic mass is 9.94. The first-order valence-corrected chi connectivity index (χ1v) is 9.94. The van der Waals surface area contributed by atoms with Crippen molar-refractivity contribution in [1.82, 2.24) is 9.88 Å². The summed E-state index contributed by atoms with van der Waals surface area (Å²) in [5.74, 6) is 0.785. The normalized spacial score (nSPS) is 23.1. The molecule has 3 unspecified atom stereocenters. The van der Waals surface area contributed by atoms with Gasteiger partial charge < -0.3 is 10.6 Å². The van der Waals surface area contributed by atoms with E-state index in [1.807, 2.05) is 16.2 Å². The van der Waals surface area contributed by atoms with E-state index < -0.39 is 0 Å². The Morgan fingerprint density at radius 1 is 1.38 bits per heavy atom. The molecular formula is C18H30ClN3OS. The number of amides is 1. The minimum absolute atomic E-state index is 0. The number of hydrogen-bond acceptors (Lipinski definition) is 4. The van der Waals surface area contributed by atoms with E-state index in [0.717, 1.165) is 38.8 Å². The number of fused-ring (bicyclic) bond motifs is 1. The molecule has 2 heterocycles. The summed E-state index contributed by atoms with van der Waals surface area (Å²) in [5, 5.41) is 1.26. The summed E-state index contributed by atoms with van der Waals surface area (Å²) >= 11 is 1.89. The highest BCUT2D eigenvalue weighted by Gasteiger charge is 2.31. The van der Waals surface area contributed by atoms with Crippen molar-refractivity contribution in [2.24, 2.45) is 11.7 Å². The van der Waals surface area contributed by atoms with E-state index in [4.69, 9.17) is 10.7 Å². The van der Waals surface area contributed by atoms with Gasteiger partial charge in [0.25, 0.3) is 0 Å². The molecule has 1 saturated heterocycles. The topological polar surface area (TPSA) is 59.2 Å². The van der Waals surface area contributed by atoms with Crippen LogP contribution in [0.5, 0.6) is 0 Å². The van der Waals surface area contributed by atoms with E-state index in [9.17, 15) is 4.79 Å². The SMILES string of the molecule is CCC(C)C(N)C(=O)N1CCCC(c2nc3c(s2)CCCC3)C1.Cl. The second-order valence-electron chi connectivity index (χ2n) is 7.16. The average Bonchev–Trinajstić information content (AvgIpc) is 3.04. The number of piperidine rings is 1. The number of aromatic nitrogens is 1. The fourth-order valence-corrected chi connectivity index (χ4v) is 4.91. The molecule has 1 aliphatic carbocycles. The van der Waals surface area contributed by atoms with Gasteiger partial charge in [0.05, 0.1) is 16.7 Å². The van der Waals surface area contributed by atoms with Gasteiger partial charge >= 0.3 is 0 Å². The number of thiazole rings is 1. The number of nitrogens with zero attached hydrogens (tertiary/aromatic N) is 2. The van der Waals surface area contributed by atoms with Gasteiger partial charge in [-0.15, -0.1) is 23.7 Å². The molecule has 1 aromatic rings. The Hall–Kier alpha value is -0.650. The number of rotatable bonds is 4. The van der Waals surface area contributed by atoms with Crippen LogP contribution in [0.25, 0.3) is 0 Å². The molecule has 4 nitrogen and oxygen atoms in total. The largest absolute Gasteiger partial charge is 0.341 e. The van der Waals surface area contributed by atoms with Crippen LogP contribution in [0.1, 0.15) is 67.4 Å². The van der Waals surface area contributed by atoms with Crippen molar-refractivity contribution in [3.8, 4) is 0 Å². The Kier molecular flexibility index (Phi) is 7.08. The third-order valence-corrected chi connectivity index (χ3v) is 6.81. The molecule has 1 amide bonds. The van der Waals surface area contributed by atoms with Gasteiger partial charge in [-0.25, -0.2) is 4.98 Å². The highest BCUT2D eigenvalue weighted by atomic mass is 35.5. The summed E-state index contributed by atoms with van der Waals surface area (Å²) < 4.78 is 0. The van der Waals surface area contributed by atoms with Crippen LogP contribution >= 0.6 is 23.7 Å². The van der Waals surface area contributed by atoms with Crippen LogP contribution in [-0.2, 0) is 17.6 Å². The lowest BCUT2D eigenvalue weighted by Gasteiger charge is -2.34. The maximum Gasteiger partial charge on any atom is 0.239 e. The van der Waals surface area contributed by atoms with Gasteiger partial charge in [-0.05, 0) is 44.4 Å². The van der Waals surface area contributed by atoms with Crippen molar-refractivity contribution in [3.05, 3.63) is 15.6 Å². The third kappa shape index (κ3) is 4.12. The van der Waals surface area contributed by atoms with Crippen LogP contribution in [0.2, 0.25) is 0 Å². The fraction of sp³-hybridized carbons (Fsp3) is 0.778. The lowest BCUT2D eigenvalue weighted by Crippen LogP contribution is -2.50. The van der Waals surface area contributed by atoms with Crippen molar-refractivity contribution < 1.29 is 4.79 Å². The predicted octanol–water partition coefficient (Wildman–Crippen LogP) is 3.52. The molecule has 3 atom stereocenters. The molecule has 3 rings (SSSR count). The van der Waals surface area contributed by atoms with Crippen LogP contribution < -0.4 is 5.73 Å². The molecule has 6 heteroatoms. The summed E-state index contributed by atoms with van der Waals surface area (Å²) in [7, 11) is 0. The first-order valence-electron chi connectivity index (χ1n) is 9.13. The number of aryl methyl sites for hydroxylation is 2. The Balaban J connectivity index is 0.00000208.